The van der Waals surface area contributed by atoms with Gasteiger partial charge in [-0.15, -0.1) is 0 Å². The van der Waals surface area contributed by atoms with Gasteiger partial charge in [0.2, 0.25) is 0 Å². The van der Waals surface area contributed by atoms with Crippen LogP contribution in [-0.4, -0.2) is 12.0 Å². The zero-order valence-electron chi connectivity index (χ0n) is 11.1. The maximum atomic E-state index is 5.97. The number of rotatable bonds is 4. The number of pyridine rings is 1. The maximum absolute atomic E-state index is 5.97. The van der Waals surface area contributed by atoms with Crippen molar-refractivity contribution < 1.29 is 4.74 Å². The molecule has 3 heteroatoms. The smallest absolute Gasteiger partial charge is 0.123 e. The van der Waals surface area contributed by atoms with E-state index in [0.29, 0.717) is 12.6 Å². The highest BCUT2D eigenvalue weighted by Gasteiger charge is 2.23. The molecule has 1 aromatic carbocycles. The number of ether oxygens (including phenoxy) is 1. The molecule has 0 bridgehead atoms. The van der Waals surface area contributed by atoms with Crippen molar-refractivity contribution in [3.63, 3.8) is 0 Å². The molecule has 1 unspecified atom stereocenters. The summed E-state index contributed by atoms with van der Waals surface area (Å²) in [5.74, 6) is 1.02. The lowest BCUT2D eigenvalue weighted by Gasteiger charge is -2.13. The Bertz CT molecular complexity index is 554. The van der Waals surface area contributed by atoms with Gasteiger partial charge in [0.15, 0.2) is 0 Å². The number of nitrogens with one attached hydrogen (secondary N) is 1. The predicted molar refractivity (Wildman–Crippen MR) is 75.1 cm³/mol. The van der Waals surface area contributed by atoms with Crippen LogP contribution in [0.1, 0.15) is 29.2 Å². The summed E-state index contributed by atoms with van der Waals surface area (Å²) in [5, 5.41) is 3.36. The Morgan fingerprint density at radius 1 is 1.26 bits per heavy atom. The van der Waals surface area contributed by atoms with Gasteiger partial charge in [-0.3, -0.25) is 4.98 Å². The lowest BCUT2D eigenvalue weighted by molar-refractivity contribution is 0.303. The van der Waals surface area contributed by atoms with E-state index >= 15 is 0 Å². The first kappa shape index (κ1) is 12.2. The van der Waals surface area contributed by atoms with Crippen molar-refractivity contribution >= 4 is 0 Å². The number of benzene rings is 1. The molecule has 0 radical (unpaired) electrons. The van der Waals surface area contributed by atoms with E-state index in [0.717, 1.165) is 24.2 Å². The van der Waals surface area contributed by atoms with Crippen molar-refractivity contribution in [1.29, 1.82) is 0 Å². The molecule has 1 heterocycles. The van der Waals surface area contributed by atoms with E-state index in [9.17, 15) is 0 Å². The summed E-state index contributed by atoms with van der Waals surface area (Å²) < 4.78 is 5.97. The second-order valence-corrected chi connectivity index (χ2v) is 4.85. The number of fused-ring (bicyclic) bond motifs is 1. The second-order valence-electron chi connectivity index (χ2n) is 4.85. The Morgan fingerprint density at radius 3 is 2.89 bits per heavy atom. The molecule has 1 aliphatic carbocycles. The first-order valence-electron chi connectivity index (χ1n) is 6.69. The van der Waals surface area contributed by atoms with Gasteiger partial charge < -0.3 is 10.1 Å². The molecule has 0 spiro atoms. The predicted octanol–water partition coefficient (Wildman–Crippen LogP) is 2.87. The SMILES string of the molecule is CNC1CCc2c(OCc3ccncc3)cccc21. The summed E-state index contributed by atoms with van der Waals surface area (Å²) in [6.07, 6.45) is 5.84. The monoisotopic (exact) mass is 254 g/mol. The van der Waals surface area contributed by atoms with Crippen molar-refractivity contribution in [2.45, 2.75) is 25.5 Å². The Labute approximate surface area is 113 Å². The molecule has 1 aromatic heterocycles. The van der Waals surface area contributed by atoms with Crippen LogP contribution in [0.15, 0.2) is 42.7 Å². The van der Waals surface area contributed by atoms with E-state index in [4.69, 9.17) is 4.74 Å². The van der Waals surface area contributed by atoms with Crippen LogP contribution < -0.4 is 10.1 Å². The molecule has 19 heavy (non-hydrogen) atoms. The van der Waals surface area contributed by atoms with Crippen molar-refractivity contribution in [2.24, 2.45) is 0 Å². The third-order valence-electron chi connectivity index (χ3n) is 3.72. The second kappa shape index (κ2) is 5.41. The minimum atomic E-state index is 0.472. The fourth-order valence-corrected chi connectivity index (χ4v) is 2.70. The number of hydrogen-bond donors (Lipinski definition) is 1. The molecule has 0 aliphatic heterocycles. The lowest BCUT2D eigenvalue weighted by atomic mass is 10.1. The molecular formula is C16H18N2O. The van der Waals surface area contributed by atoms with Gasteiger partial charge in [-0.2, -0.15) is 0 Å². The minimum Gasteiger partial charge on any atom is -0.489 e. The summed E-state index contributed by atoms with van der Waals surface area (Å²) in [7, 11) is 2.02. The zero-order valence-corrected chi connectivity index (χ0v) is 11.1. The summed E-state index contributed by atoms with van der Waals surface area (Å²) in [6, 6.07) is 10.8. The first-order chi connectivity index (χ1) is 9.38. The summed E-state index contributed by atoms with van der Waals surface area (Å²) in [6.45, 7) is 0.600. The quantitative estimate of drug-likeness (QED) is 0.911. The van der Waals surface area contributed by atoms with E-state index in [2.05, 4.69) is 28.5 Å². The Hall–Kier alpha value is -1.87. The zero-order chi connectivity index (χ0) is 13.1. The van der Waals surface area contributed by atoms with Gasteiger partial charge in [0.05, 0.1) is 0 Å². The van der Waals surface area contributed by atoms with Crippen molar-refractivity contribution in [3.8, 4) is 5.75 Å². The Morgan fingerprint density at radius 2 is 2.11 bits per heavy atom. The van der Waals surface area contributed by atoms with Crippen LogP contribution in [0, 0.1) is 0 Å². The highest BCUT2D eigenvalue weighted by Crippen LogP contribution is 2.36. The molecule has 3 rings (SSSR count). The van der Waals surface area contributed by atoms with E-state index in [1.165, 1.54) is 11.1 Å². The summed E-state index contributed by atoms with van der Waals surface area (Å²) in [4.78, 5) is 4.02. The number of hydrogen-bond acceptors (Lipinski definition) is 3. The molecule has 1 atom stereocenters. The largest absolute Gasteiger partial charge is 0.489 e. The maximum Gasteiger partial charge on any atom is 0.123 e. The van der Waals surface area contributed by atoms with E-state index in [-0.39, 0.29) is 0 Å². The molecule has 1 N–H and O–H groups in total. The number of nitrogens with zero attached hydrogens (tertiary/aromatic N) is 1. The Balaban J connectivity index is 1.78. The van der Waals surface area contributed by atoms with Crippen LogP contribution in [0.4, 0.5) is 0 Å². The topological polar surface area (TPSA) is 34.1 Å². The van der Waals surface area contributed by atoms with Crippen LogP contribution in [0.3, 0.4) is 0 Å². The fourth-order valence-electron chi connectivity index (χ4n) is 2.70. The van der Waals surface area contributed by atoms with Crippen molar-refractivity contribution in [3.05, 3.63) is 59.4 Å². The molecule has 0 saturated carbocycles. The van der Waals surface area contributed by atoms with Crippen LogP contribution in [0.25, 0.3) is 0 Å². The van der Waals surface area contributed by atoms with Crippen LogP contribution in [-0.2, 0) is 13.0 Å². The third kappa shape index (κ3) is 2.47. The summed E-state index contributed by atoms with van der Waals surface area (Å²) >= 11 is 0. The van der Waals surface area contributed by atoms with Gasteiger partial charge in [0, 0.05) is 18.4 Å². The van der Waals surface area contributed by atoms with E-state index in [1.54, 1.807) is 12.4 Å². The van der Waals surface area contributed by atoms with Gasteiger partial charge in [0.1, 0.15) is 12.4 Å². The standard InChI is InChI=1S/C16H18N2O/c1-17-15-6-5-14-13(15)3-2-4-16(14)19-11-12-7-9-18-10-8-12/h2-4,7-10,15,17H,5-6,11H2,1H3. The van der Waals surface area contributed by atoms with Gasteiger partial charge >= 0.3 is 0 Å². The van der Waals surface area contributed by atoms with Gasteiger partial charge in [0.25, 0.3) is 0 Å². The van der Waals surface area contributed by atoms with E-state index < -0.39 is 0 Å². The molecule has 1 aliphatic rings. The molecule has 3 nitrogen and oxygen atoms in total. The van der Waals surface area contributed by atoms with Gasteiger partial charge in [-0.1, -0.05) is 12.1 Å². The molecule has 0 saturated heterocycles. The molecule has 98 valence electrons. The Kier molecular flexibility index (Phi) is 3.47. The molecule has 0 amide bonds. The van der Waals surface area contributed by atoms with Gasteiger partial charge in [-0.25, -0.2) is 0 Å². The van der Waals surface area contributed by atoms with Crippen molar-refractivity contribution in [2.75, 3.05) is 7.05 Å². The first-order valence-corrected chi connectivity index (χ1v) is 6.69. The van der Waals surface area contributed by atoms with Gasteiger partial charge in [-0.05, 0) is 54.8 Å². The highest BCUT2D eigenvalue weighted by atomic mass is 16.5. The van der Waals surface area contributed by atoms with Crippen LogP contribution >= 0.6 is 0 Å². The normalized spacial score (nSPS) is 17.2. The summed E-state index contributed by atoms with van der Waals surface area (Å²) in [5.41, 5.74) is 3.89. The van der Waals surface area contributed by atoms with E-state index in [1.807, 2.05) is 19.2 Å². The average Bonchev–Trinajstić information content (AvgIpc) is 2.90. The molecule has 2 aromatic rings. The lowest BCUT2D eigenvalue weighted by Crippen LogP contribution is -2.12. The highest BCUT2D eigenvalue weighted by molar-refractivity contribution is 5.45. The third-order valence-corrected chi connectivity index (χ3v) is 3.72. The number of aromatic nitrogens is 1. The fraction of sp³-hybridized carbons (Fsp3) is 0.312. The molecular weight excluding hydrogens is 236 g/mol. The van der Waals surface area contributed by atoms with Crippen LogP contribution in [0.2, 0.25) is 0 Å². The van der Waals surface area contributed by atoms with Crippen molar-refractivity contribution in [1.82, 2.24) is 10.3 Å². The average molecular weight is 254 g/mol. The minimum absolute atomic E-state index is 0.472. The molecule has 0 fully saturated rings. The van der Waals surface area contributed by atoms with Crippen LogP contribution in [0.5, 0.6) is 5.75 Å².